The van der Waals surface area contributed by atoms with Crippen LogP contribution in [0.4, 0.5) is 0 Å². The Labute approximate surface area is 330 Å². The van der Waals surface area contributed by atoms with Gasteiger partial charge in [0.1, 0.15) is 6.29 Å². The van der Waals surface area contributed by atoms with E-state index in [1.807, 2.05) is 0 Å². The molecule has 0 bridgehead atoms. The van der Waals surface area contributed by atoms with Crippen molar-refractivity contribution in [1.82, 2.24) is 0 Å². The summed E-state index contributed by atoms with van der Waals surface area (Å²) in [6, 6.07) is 0. The van der Waals surface area contributed by atoms with Crippen LogP contribution in [0.1, 0.15) is 134 Å². The molecule has 53 heavy (non-hydrogen) atoms. The molecule has 0 amide bonds. The Morgan fingerprint density at radius 2 is 1.36 bits per heavy atom. The highest BCUT2D eigenvalue weighted by molar-refractivity contribution is 6.75. The standard InChI is InChI=1S/C46H82O4Si3/c1-33(21-26-41(46(32-47)28-29-46)50-53(17,18)44(9,10)11)38-24-25-39-35(20-19-27-45(38,39)12)22-23-36-30-37(48-51(13,14)42(3,4)5)31-40(34(36)2)49-52(15,16)43(6,7)8/h21-23,26,32-33,37-41H,2,19-20,24-25,27-31H2,1,3-18H3/t33-,37?,38-,39+,40?,41?,45-/m1/s1. The summed E-state index contributed by atoms with van der Waals surface area (Å²) >= 11 is 0. The van der Waals surface area contributed by atoms with Crippen LogP contribution in [-0.4, -0.2) is 49.6 Å². The monoisotopic (exact) mass is 783 g/mol. The van der Waals surface area contributed by atoms with Crippen molar-refractivity contribution in [2.24, 2.45) is 28.6 Å². The molecule has 0 radical (unpaired) electrons. The molecule has 3 unspecified atom stereocenters. The number of rotatable bonds is 12. The molecular weight excluding hydrogens is 701 g/mol. The number of carbonyl (C=O) groups excluding carboxylic acids is 1. The second-order valence-electron chi connectivity index (χ2n) is 22.8. The Bertz CT molecular complexity index is 1430. The molecule has 7 heteroatoms. The molecule has 302 valence electrons. The Morgan fingerprint density at radius 3 is 1.89 bits per heavy atom. The second-order valence-corrected chi connectivity index (χ2v) is 37.0. The number of carbonyl (C=O) groups is 1. The van der Waals surface area contributed by atoms with E-state index >= 15 is 0 Å². The third-order valence-corrected chi connectivity index (χ3v) is 29.3. The summed E-state index contributed by atoms with van der Waals surface area (Å²) in [5, 5.41) is 0.404. The minimum Gasteiger partial charge on any atom is -0.413 e. The molecule has 0 N–H and O–H groups in total. The van der Waals surface area contributed by atoms with Crippen LogP contribution in [-0.2, 0) is 18.1 Å². The highest BCUT2D eigenvalue weighted by Crippen LogP contribution is 2.60. The second kappa shape index (κ2) is 15.5. The van der Waals surface area contributed by atoms with Gasteiger partial charge in [-0.2, -0.15) is 0 Å². The van der Waals surface area contributed by atoms with Crippen LogP contribution in [0.25, 0.3) is 0 Å². The van der Waals surface area contributed by atoms with Gasteiger partial charge in [-0.05, 0) is 140 Å². The first kappa shape index (κ1) is 44.9. The summed E-state index contributed by atoms with van der Waals surface area (Å²) in [6.45, 7) is 44.8. The molecule has 4 saturated carbocycles. The Balaban J connectivity index is 1.58. The van der Waals surface area contributed by atoms with Gasteiger partial charge in [-0.1, -0.05) is 113 Å². The third kappa shape index (κ3) is 9.66. The number of fused-ring (bicyclic) bond motifs is 1. The minimum atomic E-state index is -2.03. The predicted octanol–water partition coefficient (Wildman–Crippen LogP) is 13.7. The average Bonchev–Trinajstić information content (AvgIpc) is 3.72. The van der Waals surface area contributed by atoms with Crippen LogP contribution >= 0.6 is 0 Å². The van der Waals surface area contributed by atoms with E-state index in [0.29, 0.717) is 17.8 Å². The lowest BCUT2D eigenvalue weighted by Gasteiger charge is -2.45. The van der Waals surface area contributed by atoms with Gasteiger partial charge in [-0.3, -0.25) is 0 Å². The largest absolute Gasteiger partial charge is 0.413 e. The van der Waals surface area contributed by atoms with Crippen LogP contribution in [0.5, 0.6) is 0 Å². The minimum absolute atomic E-state index is 0.00242. The van der Waals surface area contributed by atoms with Crippen molar-refractivity contribution in [3.05, 3.63) is 47.6 Å². The van der Waals surface area contributed by atoms with Gasteiger partial charge in [0.15, 0.2) is 25.0 Å². The summed E-state index contributed by atoms with van der Waals surface area (Å²) in [4.78, 5) is 12.3. The first-order chi connectivity index (χ1) is 24.0. The van der Waals surface area contributed by atoms with E-state index in [1.165, 1.54) is 49.5 Å². The highest BCUT2D eigenvalue weighted by Gasteiger charge is 2.54. The zero-order chi connectivity index (χ0) is 40.2. The van der Waals surface area contributed by atoms with E-state index < -0.39 is 25.0 Å². The first-order valence-corrected chi connectivity index (χ1v) is 30.0. The van der Waals surface area contributed by atoms with Crippen molar-refractivity contribution >= 4 is 31.2 Å². The van der Waals surface area contributed by atoms with E-state index in [-0.39, 0.29) is 44.3 Å². The normalized spacial score (nSPS) is 31.6. The molecule has 4 nitrogen and oxygen atoms in total. The zero-order valence-electron chi connectivity index (χ0n) is 37.6. The fourth-order valence-corrected chi connectivity index (χ4v) is 12.7. The molecule has 4 aliphatic carbocycles. The molecular formula is C46H82O4Si3. The SMILES string of the molecule is C=C1C(=CC=C2CCC[C@]3(C)[C@@H]([C@H](C)C=CC(O[Si](C)(C)C(C)(C)C)C4(C=O)CC4)CC[C@@H]23)CC(O[Si](C)(C)C(C)(C)C)CC1O[Si](C)(C)C(C)(C)C. The molecule has 4 fully saturated rings. The molecule has 7 atom stereocenters. The topological polar surface area (TPSA) is 44.8 Å². The Hall–Kier alpha value is -0.839. The summed E-state index contributed by atoms with van der Waals surface area (Å²) in [5.41, 5.74) is 4.07. The van der Waals surface area contributed by atoms with Gasteiger partial charge in [-0.15, -0.1) is 0 Å². The van der Waals surface area contributed by atoms with E-state index in [4.69, 9.17) is 19.9 Å². The van der Waals surface area contributed by atoms with Gasteiger partial charge in [0.25, 0.3) is 0 Å². The van der Waals surface area contributed by atoms with Gasteiger partial charge in [0, 0.05) is 6.42 Å². The molecule has 4 rings (SSSR count). The molecule has 4 aliphatic rings. The lowest BCUT2D eigenvalue weighted by Crippen LogP contribution is -2.49. The molecule has 0 aliphatic heterocycles. The first-order valence-electron chi connectivity index (χ1n) is 21.3. The van der Waals surface area contributed by atoms with Crippen molar-refractivity contribution in [2.75, 3.05) is 0 Å². The van der Waals surface area contributed by atoms with Gasteiger partial charge in [0.05, 0.1) is 23.7 Å². The summed E-state index contributed by atoms with van der Waals surface area (Å²) < 4.78 is 21.2. The van der Waals surface area contributed by atoms with E-state index in [0.717, 1.165) is 25.7 Å². The summed E-state index contributed by atoms with van der Waals surface area (Å²) in [6.07, 6.45) is 20.9. The number of allylic oxidation sites excluding steroid dienone is 4. The van der Waals surface area contributed by atoms with Crippen molar-refractivity contribution in [2.45, 2.75) is 207 Å². The van der Waals surface area contributed by atoms with Crippen LogP contribution in [0, 0.1) is 28.6 Å². The maximum atomic E-state index is 12.3. The summed E-state index contributed by atoms with van der Waals surface area (Å²) in [5.74, 6) is 1.66. The molecule has 0 spiro atoms. The molecule has 0 saturated heterocycles. The third-order valence-electron chi connectivity index (χ3n) is 15.9. The molecule has 0 aromatic heterocycles. The van der Waals surface area contributed by atoms with Gasteiger partial charge in [-0.25, -0.2) is 0 Å². The van der Waals surface area contributed by atoms with Gasteiger partial charge < -0.3 is 18.1 Å². The molecule has 0 aromatic rings. The number of hydrogen-bond acceptors (Lipinski definition) is 4. The molecule has 0 heterocycles. The lowest BCUT2D eigenvalue weighted by molar-refractivity contribution is -0.114. The van der Waals surface area contributed by atoms with Crippen molar-refractivity contribution in [1.29, 1.82) is 0 Å². The van der Waals surface area contributed by atoms with Crippen LogP contribution in [0.2, 0.25) is 54.4 Å². The van der Waals surface area contributed by atoms with Gasteiger partial charge in [0.2, 0.25) is 0 Å². The number of hydrogen-bond donors (Lipinski definition) is 0. The quantitative estimate of drug-likeness (QED) is 0.112. The van der Waals surface area contributed by atoms with Crippen molar-refractivity contribution < 1.29 is 18.1 Å². The van der Waals surface area contributed by atoms with E-state index in [1.54, 1.807) is 5.57 Å². The van der Waals surface area contributed by atoms with Crippen LogP contribution < -0.4 is 0 Å². The fraction of sp³-hybridized carbons (Fsp3) is 0.804. The van der Waals surface area contributed by atoms with Crippen molar-refractivity contribution in [3.8, 4) is 0 Å². The summed E-state index contributed by atoms with van der Waals surface area (Å²) in [7, 11) is -6.00. The van der Waals surface area contributed by atoms with Crippen LogP contribution in [0.15, 0.2) is 47.6 Å². The average molecular weight is 783 g/mol. The van der Waals surface area contributed by atoms with Crippen molar-refractivity contribution in [3.63, 3.8) is 0 Å². The Kier molecular flexibility index (Phi) is 13.1. The maximum Gasteiger partial charge on any atom is 0.192 e. The Morgan fingerprint density at radius 1 is 0.792 bits per heavy atom. The van der Waals surface area contributed by atoms with Crippen LogP contribution in [0.3, 0.4) is 0 Å². The highest BCUT2D eigenvalue weighted by atomic mass is 28.4. The maximum absolute atomic E-state index is 12.3. The van der Waals surface area contributed by atoms with E-state index in [9.17, 15) is 4.79 Å². The lowest BCUT2D eigenvalue weighted by atomic mass is 9.61. The van der Waals surface area contributed by atoms with Gasteiger partial charge >= 0.3 is 0 Å². The van der Waals surface area contributed by atoms with E-state index in [2.05, 4.69) is 140 Å². The zero-order valence-corrected chi connectivity index (χ0v) is 40.6. The smallest absolute Gasteiger partial charge is 0.192 e. The fourth-order valence-electron chi connectivity index (χ4n) is 8.77. The predicted molar refractivity (Wildman–Crippen MR) is 235 cm³/mol. The number of aldehydes is 1. The molecule has 0 aromatic carbocycles.